The highest BCUT2D eigenvalue weighted by Crippen LogP contribution is 2.00. The number of nitrogens with one attached hydrogen (secondary N) is 2. The SMILES string of the molecule is C=CC(=O)NCCCCCC(=O)NCCC(C)CO. The quantitative estimate of drug-likeness (QED) is 0.387. The Labute approximate surface area is 115 Å². The van der Waals surface area contributed by atoms with Crippen molar-refractivity contribution in [2.75, 3.05) is 19.7 Å². The molecule has 5 heteroatoms. The van der Waals surface area contributed by atoms with E-state index in [0.717, 1.165) is 25.7 Å². The summed E-state index contributed by atoms with van der Waals surface area (Å²) < 4.78 is 0. The molecule has 0 aliphatic heterocycles. The maximum atomic E-state index is 11.4. The van der Waals surface area contributed by atoms with Crippen LogP contribution < -0.4 is 10.6 Å². The highest BCUT2D eigenvalue weighted by molar-refractivity contribution is 5.86. The number of carbonyl (C=O) groups excluding carboxylic acids is 2. The number of rotatable bonds is 11. The molecule has 1 atom stereocenters. The number of hydrogen-bond donors (Lipinski definition) is 3. The van der Waals surface area contributed by atoms with E-state index in [1.54, 1.807) is 0 Å². The highest BCUT2D eigenvalue weighted by atomic mass is 16.3. The summed E-state index contributed by atoms with van der Waals surface area (Å²) in [6, 6.07) is 0. The third kappa shape index (κ3) is 11.5. The lowest BCUT2D eigenvalue weighted by molar-refractivity contribution is -0.121. The summed E-state index contributed by atoms with van der Waals surface area (Å²) in [4.78, 5) is 22.3. The summed E-state index contributed by atoms with van der Waals surface area (Å²) in [6.07, 6.45) is 5.18. The lowest BCUT2D eigenvalue weighted by atomic mass is 10.1. The zero-order chi connectivity index (χ0) is 14.5. The second kappa shape index (κ2) is 11.7. The van der Waals surface area contributed by atoms with Gasteiger partial charge in [0, 0.05) is 26.1 Å². The summed E-state index contributed by atoms with van der Waals surface area (Å²) >= 11 is 0. The molecule has 0 saturated heterocycles. The van der Waals surface area contributed by atoms with Crippen LogP contribution in [-0.4, -0.2) is 36.6 Å². The summed E-state index contributed by atoms with van der Waals surface area (Å²) in [5.41, 5.74) is 0. The molecule has 19 heavy (non-hydrogen) atoms. The molecule has 1 unspecified atom stereocenters. The molecule has 0 bridgehead atoms. The van der Waals surface area contributed by atoms with Gasteiger partial charge in [-0.2, -0.15) is 0 Å². The average Bonchev–Trinajstić information content (AvgIpc) is 2.41. The van der Waals surface area contributed by atoms with E-state index in [4.69, 9.17) is 5.11 Å². The number of hydrogen-bond acceptors (Lipinski definition) is 3. The van der Waals surface area contributed by atoms with Crippen molar-refractivity contribution in [3.05, 3.63) is 12.7 Å². The maximum Gasteiger partial charge on any atom is 0.243 e. The summed E-state index contributed by atoms with van der Waals surface area (Å²) in [5, 5.41) is 14.4. The first kappa shape index (κ1) is 17.6. The standard InChI is InChI=1S/C14H26N2O3/c1-3-13(18)15-9-6-4-5-7-14(19)16-10-8-12(2)11-17/h3,12,17H,1,4-11H2,2H3,(H,15,18)(H,16,19). The molecular formula is C14H26N2O3. The first-order valence-electron chi connectivity index (χ1n) is 6.88. The van der Waals surface area contributed by atoms with Crippen LogP contribution in [0.1, 0.15) is 39.0 Å². The topological polar surface area (TPSA) is 78.4 Å². The second-order valence-electron chi connectivity index (χ2n) is 4.73. The number of aliphatic hydroxyl groups excluding tert-OH is 1. The molecule has 0 aliphatic carbocycles. The molecular weight excluding hydrogens is 244 g/mol. The Hall–Kier alpha value is -1.36. The first-order chi connectivity index (χ1) is 9.10. The fraction of sp³-hybridized carbons (Fsp3) is 0.714. The highest BCUT2D eigenvalue weighted by Gasteiger charge is 2.03. The molecule has 5 nitrogen and oxygen atoms in total. The molecule has 3 N–H and O–H groups in total. The van der Waals surface area contributed by atoms with Gasteiger partial charge in [-0.25, -0.2) is 0 Å². The minimum atomic E-state index is -0.157. The van der Waals surface area contributed by atoms with Gasteiger partial charge in [0.05, 0.1) is 0 Å². The Balaban J connectivity index is 3.34. The van der Waals surface area contributed by atoms with Crippen molar-refractivity contribution in [1.29, 1.82) is 0 Å². The van der Waals surface area contributed by atoms with Gasteiger partial charge in [0.25, 0.3) is 0 Å². The molecule has 0 rings (SSSR count). The van der Waals surface area contributed by atoms with E-state index in [1.165, 1.54) is 6.08 Å². The van der Waals surface area contributed by atoms with Crippen LogP contribution in [0.15, 0.2) is 12.7 Å². The van der Waals surface area contributed by atoms with E-state index in [2.05, 4.69) is 17.2 Å². The van der Waals surface area contributed by atoms with Crippen molar-refractivity contribution in [2.24, 2.45) is 5.92 Å². The molecule has 0 aliphatic rings. The van der Waals surface area contributed by atoms with Crippen molar-refractivity contribution in [3.8, 4) is 0 Å². The Kier molecular flexibility index (Phi) is 10.9. The van der Waals surface area contributed by atoms with Crippen LogP contribution in [0.4, 0.5) is 0 Å². The summed E-state index contributed by atoms with van der Waals surface area (Å²) in [5.74, 6) is 0.129. The van der Waals surface area contributed by atoms with Gasteiger partial charge in [-0.3, -0.25) is 9.59 Å². The van der Waals surface area contributed by atoms with Crippen molar-refractivity contribution in [2.45, 2.75) is 39.0 Å². The van der Waals surface area contributed by atoms with Crippen LogP contribution in [0, 0.1) is 5.92 Å². The van der Waals surface area contributed by atoms with Crippen LogP contribution in [0.2, 0.25) is 0 Å². The zero-order valence-electron chi connectivity index (χ0n) is 11.8. The molecule has 0 radical (unpaired) electrons. The fourth-order valence-electron chi connectivity index (χ4n) is 1.51. The monoisotopic (exact) mass is 270 g/mol. The van der Waals surface area contributed by atoms with Crippen LogP contribution in [0.3, 0.4) is 0 Å². The predicted molar refractivity (Wildman–Crippen MR) is 75.6 cm³/mol. The van der Waals surface area contributed by atoms with Crippen molar-refractivity contribution < 1.29 is 14.7 Å². The number of amides is 2. The predicted octanol–water partition coefficient (Wildman–Crippen LogP) is 0.984. The summed E-state index contributed by atoms with van der Waals surface area (Å²) in [7, 11) is 0. The van der Waals surface area contributed by atoms with Gasteiger partial charge in [0.1, 0.15) is 0 Å². The molecule has 0 saturated carbocycles. The van der Waals surface area contributed by atoms with Gasteiger partial charge < -0.3 is 15.7 Å². The maximum absolute atomic E-state index is 11.4. The fourth-order valence-corrected chi connectivity index (χ4v) is 1.51. The number of carbonyl (C=O) groups is 2. The van der Waals surface area contributed by atoms with E-state index in [1.807, 2.05) is 6.92 Å². The van der Waals surface area contributed by atoms with Gasteiger partial charge >= 0.3 is 0 Å². The van der Waals surface area contributed by atoms with E-state index >= 15 is 0 Å². The first-order valence-corrected chi connectivity index (χ1v) is 6.88. The zero-order valence-corrected chi connectivity index (χ0v) is 11.8. The van der Waals surface area contributed by atoms with E-state index < -0.39 is 0 Å². The lowest BCUT2D eigenvalue weighted by Gasteiger charge is -2.08. The molecule has 0 spiro atoms. The molecule has 0 aromatic rings. The summed E-state index contributed by atoms with van der Waals surface area (Å²) in [6.45, 7) is 6.72. The van der Waals surface area contributed by atoms with Gasteiger partial charge in [0.15, 0.2) is 0 Å². The van der Waals surface area contributed by atoms with E-state index in [9.17, 15) is 9.59 Å². The Morgan fingerprint density at radius 3 is 2.58 bits per heavy atom. The number of aliphatic hydroxyl groups is 1. The largest absolute Gasteiger partial charge is 0.396 e. The molecule has 0 fully saturated rings. The molecule has 2 amide bonds. The van der Waals surface area contributed by atoms with Crippen LogP contribution in [0.5, 0.6) is 0 Å². The Bertz CT molecular complexity index is 280. The molecule has 0 aromatic carbocycles. The third-order valence-corrected chi connectivity index (χ3v) is 2.84. The molecule has 0 aromatic heterocycles. The smallest absolute Gasteiger partial charge is 0.243 e. The number of unbranched alkanes of at least 4 members (excludes halogenated alkanes) is 2. The van der Waals surface area contributed by atoms with E-state index in [-0.39, 0.29) is 24.3 Å². The van der Waals surface area contributed by atoms with Gasteiger partial charge in [0.2, 0.25) is 11.8 Å². The van der Waals surface area contributed by atoms with Crippen molar-refractivity contribution in [3.63, 3.8) is 0 Å². The lowest BCUT2D eigenvalue weighted by Crippen LogP contribution is -2.26. The van der Waals surface area contributed by atoms with Crippen LogP contribution in [-0.2, 0) is 9.59 Å². The van der Waals surface area contributed by atoms with Gasteiger partial charge in [-0.15, -0.1) is 0 Å². The third-order valence-electron chi connectivity index (χ3n) is 2.84. The van der Waals surface area contributed by atoms with Gasteiger partial charge in [-0.1, -0.05) is 19.9 Å². The Morgan fingerprint density at radius 2 is 1.95 bits per heavy atom. The van der Waals surface area contributed by atoms with Gasteiger partial charge in [-0.05, 0) is 31.3 Å². The second-order valence-corrected chi connectivity index (χ2v) is 4.73. The van der Waals surface area contributed by atoms with Crippen LogP contribution in [0.25, 0.3) is 0 Å². The van der Waals surface area contributed by atoms with Crippen molar-refractivity contribution >= 4 is 11.8 Å². The van der Waals surface area contributed by atoms with Crippen molar-refractivity contribution in [1.82, 2.24) is 10.6 Å². The molecule has 0 heterocycles. The minimum Gasteiger partial charge on any atom is -0.396 e. The van der Waals surface area contributed by atoms with E-state index in [0.29, 0.717) is 19.5 Å². The van der Waals surface area contributed by atoms with Crippen LogP contribution >= 0.6 is 0 Å². The average molecular weight is 270 g/mol. The Morgan fingerprint density at radius 1 is 1.21 bits per heavy atom. The normalized spacial score (nSPS) is 11.7. The minimum absolute atomic E-state index is 0.0558. The molecule has 110 valence electrons.